The van der Waals surface area contributed by atoms with E-state index in [-0.39, 0.29) is 0 Å². The molecule has 0 saturated heterocycles. The van der Waals surface area contributed by atoms with E-state index in [2.05, 4.69) is 25.1 Å². The Bertz CT molecular complexity index is 91.0. The van der Waals surface area contributed by atoms with Gasteiger partial charge in [0.15, 0.2) is 0 Å². The van der Waals surface area contributed by atoms with Crippen LogP contribution in [0.1, 0.15) is 46.0 Å². The predicted octanol–water partition coefficient (Wildman–Crippen LogP) is 3.29. The van der Waals surface area contributed by atoms with Gasteiger partial charge in [-0.05, 0) is 18.6 Å². The Morgan fingerprint density at radius 2 is 1.73 bits per heavy atom. The second-order valence-corrected chi connectivity index (χ2v) is 3.12. The molecular formula is C10H21N. The highest BCUT2D eigenvalue weighted by atomic mass is 14.6. The van der Waals surface area contributed by atoms with Gasteiger partial charge in [0.1, 0.15) is 0 Å². The molecule has 0 aromatic carbocycles. The standard InChI is InChI=1S/C10H21N/c1-4-6-10(7-5-2)8-9-11-3/h9-10H,4-8H2,1-3H3/b11-9+. The van der Waals surface area contributed by atoms with E-state index in [0.29, 0.717) is 0 Å². The van der Waals surface area contributed by atoms with Gasteiger partial charge in [-0.1, -0.05) is 39.5 Å². The lowest BCUT2D eigenvalue weighted by molar-refractivity contribution is 0.458. The summed E-state index contributed by atoms with van der Waals surface area (Å²) in [5, 5.41) is 0. The summed E-state index contributed by atoms with van der Waals surface area (Å²) in [6.45, 7) is 4.51. The smallest absolute Gasteiger partial charge is 0.0273 e. The third-order valence-corrected chi connectivity index (χ3v) is 2.02. The molecule has 11 heavy (non-hydrogen) atoms. The molecule has 0 saturated carbocycles. The summed E-state index contributed by atoms with van der Waals surface area (Å²) in [5.41, 5.74) is 0. The minimum absolute atomic E-state index is 0.883. The predicted molar refractivity (Wildman–Crippen MR) is 52.3 cm³/mol. The molecule has 0 rings (SSSR count). The first-order chi connectivity index (χ1) is 5.35. The Balaban J connectivity index is 3.50. The van der Waals surface area contributed by atoms with Crippen molar-refractivity contribution in [1.82, 2.24) is 0 Å². The SMILES string of the molecule is CCCC(C/C=N/C)CCC. The van der Waals surface area contributed by atoms with Crippen molar-refractivity contribution >= 4 is 6.21 Å². The lowest BCUT2D eigenvalue weighted by atomic mass is 9.95. The molecule has 1 heteroatoms. The maximum Gasteiger partial charge on any atom is 0.0273 e. The lowest BCUT2D eigenvalue weighted by Crippen LogP contribution is -1.99. The highest BCUT2D eigenvalue weighted by Crippen LogP contribution is 2.15. The lowest BCUT2D eigenvalue weighted by Gasteiger charge is -2.11. The zero-order valence-corrected chi connectivity index (χ0v) is 8.14. The molecule has 0 amide bonds. The van der Waals surface area contributed by atoms with Gasteiger partial charge in [0.05, 0.1) is 0 Å². The van der Waals surface area contributed by atoms with Gasteiger partial charge < -0.3 is 4.99 Å². The highest BCUT2D eigenvalue weighted by Gasteiger charge is 2.03. The Morgan fingerprint density at radius 3 is 2.09 bits per heavy atom. The molecular weight excluding hydrogens is 134 g/mol. The molecule has 0 heterocycles. The van der Waals surface area contributed by atoms with Gasteiger partial charge in [0.2, 0.25) is 0 Å². The van der Waals surface area contributed by atoms with E-state index < -0.39 is 0 Å². The molecule has 0 aromatic rings. The summed E-state index contributed by atoms with van der Waals surface area (Å²) in [6, 6.07) is 0. The Hall–Kier alpha value is -0.330. The van der Waals surface area contributed by atoms with Gasteiger partial charge in [-0.15, -0.1) is 0 Å². The minimum atomic E-state index is 0.883. The van der Waals surface area contributed by atoms with Crippen molar-refractivity contribution in [3.05, 3.63) is 0 Å². The summed E-state index contributed by atoms with van der Waals surface area (Å²) < 4.78 is 0. The van der Waals surface area contributed by atoms with Crippen LogP contribution in [0.3, 0.4) is 0 Å². The Morgan fingerprint density at radius 1 is 1.18 bits per heavy atom. The molecule has 0 radical (unpaired) electrons. The van der Waals surface area contributed by atoms with Crippen LogP contribution in [-0.2, 0) is 0 Å². The van der Waals surface area contributed by atoms with Crippen LogP contribution in [0, 0.1) is 5.92 Å². The van der Waals surface area contributed by atoms with Gasteiger partial charge in [-0.2, -0.15) is 0 Å². The van der Waals surface area contributed by atoms with E-state index in [9.17, 15) is 0 Å². The molecule has 0 bridgehead atoms. The van der Waals surface area contributed by atoms with Gasteiger partial charge in [-0.3, -0.25) is 0 Å². The Kier molecular flexibility index (Phi) is 7.54. The van der Waals surface area contributed by atoms with Crippen molar-refractivity contribution in [3.63, 3.8) is 0 Å². The van der Waals surface area contributed by atoms with Gasteiger partial charge in [0.25, 0.3) is 0 Å². The van der Waals surface area contributed by atoms with Crippen LogP contribution in [0.4, 0.5) is 0 Å². The minimum Gasteiger partial charge on any atom is -0.301 e. The fraction of sp³-hybridized carbons (Fsp3) is 0.900. The van der Waals surface area contributed by atoms with Crippen LogP contribution < -0.4 is 0 Å². The second-order valence-electron chi connectivity index (χ2n) is 3.12. The molecule has 0 aliphatic carbocycles. The van der Waals surface area contributed by atoms with Crippen LogP contribution in [0.15, 0.2) is 4.99 Å². The molecule has 0 atom stereocenters. The highest BCUT2D eigenvalue weighted by molar-refractivity contribution is 5.57. The summed E-state index contributed by atoms with van der Waals surface area (Å²) >= 11 is 0. The summed E-state index contributed by atoms with van der Waals surface area (Å²) in [4.78, 5) is 4.01. The fourth-order valence-corrected chi connectivity index (χ4v) is 1.45. The maximum atomic E-state index is 4.01. The van der Waals surface area contributed by atoms with Gasteiger partial charge >= 0.3 is 0 Å². The molecule has 0 unspecified atom stereocenters. The first-order valence-corrected chi connectivity index (χ1v) is 4.75. The largest absolute Gasteiger partial charge is 0.301 e. The zero-order valence-electron chi connectivity index (χ0n) is 8.14. The quantitative estimate of drug-likeness (QED) is 0.522. The van der Waals surface area contributed by atoms with Crippen molar-refractivity contribution in [1.29, 1.82) is 0 Å². The van der Waals surface area contributed by atoms with E-state index in [4.69, 9.17) is 0 Å². The maximum absolute atomic E-state index is 4.01. The third-order valence-electron chi connectivity index (χ3n) is 2.02. The van der Waals surface area contributed by atoms with E-state index >= 15 is 0 Å². The number of nitrogens with zero attached hydrogens (tertiary/aromatic N) is 1. The van der Waals surface area contributed by atoms with Gasteiger partial charge in [-0.25, -0.2) is 0 Å². The first-order valence-electron chi connectivity index (χ1n) is 4.75. The van der Waals surface area contributed by atoms with Gasteiger partial charge in [0, 0.05) is 7.05 Å². The van der Waals surface area contributed by atoms with Crippen molar-refractivity contribution in [2.45, 2.75) is 46.0 Å². The topological polar surface area (TPSA) is 12.4 Å². The second kappa shape index (κ2) is 7.77. The molecule has 1 nitrogen and oxygen atoms in total. The van der Waals surface area contributed by atoms with Crippen molar-refractivity contribution in [2.75, 3.05) is 7.05 Å². The zero-order chi connectivity index (χ0) is 8.53. The fourth-order valence-electron chi connectivity index (χ4n) is 1.45. The van der Waals surface area contributed by atoms with Crippen LogP contribution in [0.5, 0.6) is 0 Å². The average molecular weight is 155 g/mol. The van der Waals surface area contributed by atoms with Crippen molar-refractivity contribution in [2.24, 2.45) is 10.9 Å². The van der Waals surface area contributed by atoms with Crippen molar-refractivity contribution in [3.8, 4) is 0 Å². The van der Waals surface area contributed by atoms with Crippen LogP contribution in [0.2, 0.25) is 0 Å². The van der Waals surface area contributed by atoms with Crippen molar-refractivity contribution < 1.29 is 0 Å². The molecule has 0 spiro atoms. The summed E-state index contributed by atoms with van der Waals surface area (Å²) in [5.74, 6) is 0.883. The number of aliphatic imine (C=N–C) groups is 1. The monoisotopic (exact) mass is 155 g/mol. The molecule has 0 fully saturated rings. The number of hydrogen-bond acceptors (Lipinski definition) is 1. The van der Waals surface area contributed by atoms with Crippen LogP contribution in [-0.4, -0.2) is 13.3 Å². The summed E-state index contributed by atoms with van der Waals surface area (Å²) in [6.07, 6.45) is 8.57. The van der Waals surface area contributed by atoms with E-state index in [1.165, 1.54) is 32.1 Å². The van der Waals surface area contributed by atoms with Crippen LogP contribution >= 0.6 is 0 Å². The molecule has 0 N–H and O–H groups in total. The molecule has 66 valence electrons. The molecule has 0 aliphatic rings. The number of hydrogen-bond donors (Lipinski definition) is 0. The normalized spacial score (nSPS) is 11.6. The molecule has 0 aromatic heterocycles. The first kappa shape index (κ1) is 10.7. The number of rotatable bonds is 6. The van der Waals surface area contributed by atoms with E-state index in [0.717, 1.165) is 5.92 Å². The summed E-state index contributed by atoms with van der Waals surface area (Å²) in [7, 11) is 1.86. The average Bonchev–Trinajstić information content (AvgIpc) is 2.01. The van der Waals surface area contributed by atoms with E-state index in [1.807, 2.05) is 7.05 Å². The Labute approximate surface area is 70.9 Å². The third kappa shape index (κ3) is 6.08. The van der Waals surface area contributed by atoms with Crippen LogP contribution in [0.25, 0.3) is 0 Å². The van der Waals surface area contributed by atoms with E-state index in [1.54, 1.807) is 0 Å². The molecule has 0 aliphatic heterocycles.